The standard InChI is InChI=1S/C12H13Cl3N4O5S/c1-23-6-3-4-7(8(5-6)19(21)22)16-10(25)17-9(12(13,14)15)18-11(20)24-2/h3-5,9H,1-2H3,(H,18,20)(H2,16,17,25)/t9-/m0/s1. The van der Waals surface area contributed by atoms with E-state index in [2.05, 4.69) is 20.7 Å². The van der Waals surface area contributed by atoms with E-state index < -0.39 is 21.0 Å². The lowest BCUT2D eigenvalue weighted by Crippen LogP contribution is -2.56. The second-order valence-electron chi connectivity index (χ2n) is 4.35. The number of ether oxygens (including phenoxy) is 2. The number of carbonyl (C=O) groups is 1. The average molecular weight is 432 g/mol. The number of halogens is 3. The molecule has 3 N–H and O–H groups in total. The van der Waals surface area contributed by atoms with Gasteiger partial charge in [0.15, 0.2) is 11.3 Å². The van der Waals surface area contributed by atoms with E-state index >= 15 is 0 Å². The molecule has 0 bridgehead atoms. The number of methoxy groups -OCH3 is 2. The number of carbonyl (C=O) groups excluding carboxylic acids is 1. The number of amides is 1. The number of nitro groups is 1. The van der Waals surface area contributed by atoms with Crippen LogP contribution in [0.1, 0.15) is 0 Å². The fraction of sp³-hybridized carbons (Fsp3) is 0.333. The summed E-state index contributed by atoms with van der Waals surface area (Å²) in [5.41, 5.74) is -0.209. The van der Waals surface area contributed by atoms with Crippen molar-refractivity contribution in [2.45, 2.75) is 9.96 Å². The molecule has 0 heterocycles. The van der Waals surface area contributed by atoms with E-state index in [-0.39, 0.29) is 16.5 Å². The lowest BCUT2D eigenvalue weighted by molar-refractivity contribution is -0.384. The second kappa shape index (κ2) is 9.09. The topological polar surface area (TPSA) is 115 Å². The zero-order valence-corrected chi connectivity index (χ0v) is 15.9. The first kappa shape index (κ1) is 21.3. The molecule has 0 saturated carbocycles. The Morgan fingerprint density at radius 2 is 1.96 bits per heavy atom. The predicted octanol–water partition coefficient (Wildman–Crippen LogP) is 2.94. The molecule has 0 aliphatic heterocycles. The average Bonchev–Trinajstić information content (AvgIpc) is 2.53. The number of anilines is 1. The van der Waals surface area contributed by atoms with Gasteiger partial charge >= 0.3 is 6.09 Å². The van der Waals surface area contributed by atoms with Gasteiger partial charge in [0, 0.05) is 0 Å². The summed E-state index contributed by atoms with van der Waals surface area (Å²) in [5, 5.41) is 18.4. The second-order valence-corrected chi connectivity index (χ2v) is 7.13. The van der Waals surface area contributed by atoms with E-state index in [4.69, 9.17) is 51.8 Å². The number of thiocarbonyl (C=S) groups is 1. The Bertz CT molecular complexity index is 671. The van der Waals surface area contributed by atoms with Crippen LogP contribution in [0.3, 0.4) is 0 Å². The van der Waals surface area contributed by atoms with Crippen molar-refractivity contribution in [1.82, 2.24) is 10.6 Å². The summed E-state index contributed by atoms with van der Waals surface area (Å²) in [4.78, 5) is 21.8. The molecule has 0 unspecified atom stereocenters. The van der Waals surface area contributed by atoms with Crippen molar-refractivity contribution in [1.29, 1.82) is 0 Å². The summed E-state index contributed by atoms with van der Waals surface area (Å²) in [5.74, 6) is 0.294. The highest BCUT2D eigenvalue weighted by atomic mass is 35.6. The Balaban J connectivity index is 2.94. The van der Waals surface area contributed by atoms with Gasteiger partial charge in [0.25, 0.3) is 5.69 Å². The molecule has 138 valence electrons. The van der Waals surface area contributed by atoms with Crippen LogP contribution in [0, 0.1) is 10.1 Å². The first-order valence-corrected chi connectivity index (χ1v) is 7.93. The first-order chi connectivity index (χ1) is 11.6. The Labute approximate surface area is 163 Å². The molecular formula is C12H13Cl3N4O5S. The van der Waals surface area contributed by atoms with Crippen LogP contribution in [0.15, 0.2) is 18.2 Å². The molecule has 0 saturated heterocycles. The van der Waals surface area contributed by atoms with E-state index in [1.54, 1.807) is 0 Å². The van der Waals surface area contributed by atoms with Gasteiger partial charge in [-0.25, -0.2) is 4.79 Å². The number of rotatable bonds is 5. The minimum absolute atomic E-state index is 0.0736. The normalized spacial score (nSPS) is 11.9. The molecule has 13 heteroatoms. The maximum Gasteiger partial charge on any atom is 0.408 e. The zero-order valence-electron chi connectivity index (χ0n) is 12.8. The maximum atomic E-state index is 11.3. The summed E-state index contributed by atoms with van der Waals surface area (Å²) in [6.45, 7) is 0. The Hall–Kier alpha value is -1.75. The van der Waals surface area contributed by atoms with E-state index in [0.29, 0.717) is 5.75 Å². The molecule has 1 rings (SSSR count). The highest BCUT2D eigenvalue weighted by molar-refractivity contribution is 7.80. The van der Waals surface area contributed by atoms with Crippen LogP contribution in [0.4, 0.5) is 16.2 Å². The monoisotopic (exact) mass is 430 g/mol. The fourth-order valence-electron chi connectivity index (χ4n) is 1.56. The van der Waals surface area contributed by atoms with Crippen molar-refractivity contribution in [2.24, 2.45) is 0 Å². The van der Waals surface area contributed by atoms with Gasteiger partial charge in [0.1, 0.15) is 11.4 Å². The Morgan fingerprint density at radius 3 is 2.44 bits per heavy atom. The van der Waals surface area contributed by atoms with Crippen LogP contribution in [0.5, 0.6) is 5.75 Å². The summed E-state index contributed by atoms with van der Waals surface area (Å²) >= 11 is 22.3. The molecule has 0 aromatic heterocycles. The molecule has 0 aliphatic rings. The largest absolute Gasteiger partial charge is 0.496 e. The van der Waals surface area contributed by atoms with Crippen LogP contribution < -0.4 is 20.7 Å². The molecule has 25 heavy (non-hydrogen) atoms. The predicted molar refractivity (Wildman–Crippen MR) is 98.6 cm³/mol. The summed E-state index contributed by atoms with van der Waals surface area (Å²) in [6.07, 6.45) is -2.13. The quantitative estimate of drug-likeness (QED) is 0.214. The molecule has 0 radical (unpaired) electrons. The number of nitrogens with zero attached hydrogens (tertiary/aromatic N) is 1. The van der Waals surface area contributed by atoms with Gasteiger partial charge in [0.2, 0.25) is 3.79 Å². The molecule has 0 spiro atoms. The van der Waals surface area contributed by atoms with Gasteiger partial charge in [0.05, 0.1) is 25.2 Å². The summed E-state index contributed by atoms with van der Waals surface area (Å²) in [7, 11) is 2.50. The van der Waals surface area contributed by atoms with Crippen molar-refractivity contribution < 1.29 is 19.2 Å². The van der Waals surface area contributed by atoms with Crippen molar-refractivity contribution >= 4 is 69.6 Å². The summed E-state index contributed by atoms with van der Waals surface area (Å²) in [6, 6.07) is 4.10. The SMILES string of the molecule is COC(=O)N[C@H](NC(=S)Nc1ccc(OC)cc1[N+](=O)[O-])C(Cl)(Cl)Cl. The lowest BCUT2D eigenvalue weighted by atomic mass is 10.2. The smallest absolute Gasteiger partial charge is 0.408 e. The molecule has 0 aliphatic carbocycles. The van der Waals surface area contributed by atoms with Crippen LogP contribution in [-0.2, 0) is 4.74 Å². The van der Waals surface area contributed by atoms with Crippen molar-refractivity contribution in [3.05, 3.63) is 28.3 Å². The molecule has 1 aromatic rings. The van der Waals surface area contributed by atoms with Crippen LogP contribution in [0.2, 0.25) is 0 Å². The van der Waals surface area contributed by atoms with Gasteiger partial charge in [-0.1, -0.05) is 34.8 Å². The molecule has 9 nitrogen and oxygen atoms in total. The van der Waals surface area contributed by atoms with Crippen molar-refractivity contribution in [3.8, 4) is 5.75 Å². The van der Waals surface area contributed by atoms with Gasteiger partial charge in [-0.15, -0.1) is 0 Å². The number of hydrogen-bond donors (Lipinski definition) is 3. The molecule has 1 aromatic carbocycles. The maximum absolute atomic E-state index is 11.3. The molecule has 1 amide bonds. The van der Waals surface area contributed by atoms with Gasteiger partial charge in [-0.05, 0) is 24.4 Å². The van der Waals surface area contributed by atoms with Crippen LogP contribution >= 0.6 is 47.0 Å². The third-order valence-corrected chi connectivity index (χ3v) is 3.57. The van der Waals surface area contributed by atoms with E-state index in [9.17, 15) is 14.9 Å². The van der Waals surface area contributed by atoms with Crippen LogP contribution in [0.25, 0.3) is 0 Å². The van der Waals surface area contributed by atoms with E-state index in [0.717, 1.165) is 7.11 Å². The molecule has 1 atom stereocenters. The fourth-order valence-corrected chi connectivity index (χ4v) is 2.12. The van der Waals surface area contributed by atoms with Crippen molar-refractivity contribution in [2.75, 3.05) is 19.5 Å². The highest BCUT2D eigenvalue weighted by Gasteiger charge is 2.35. The molecule has 0 fully saturated rings. The lowest BCUT2D eigenvalue weighted by Gasteiger charge is -2.27. The van der Waals surface area contributed by atoms with Crippen LogP contribution in [-0.4, -0.2) is 40.3 Å². The minimum Gasteiger partial charge on any atom is -0.496 e. The highest BCUT2D eigenvalue weighted by Crippen LogP contribution is 2.30. The third-order valence-electron chi connectivity index (χ3n) is 2.70. The van der Waals surface area contributed by atoms with Gasteiger partial charge < -0.3 is 20.1 Å². The van der Waals surface area contributed by atoms with E-state index in [1.807, 2.05) is 0 Å². The summed E-state index contributed by atoms with van der Waals surface area (Å²) < 4.78 is 7.37. The third kappa shape index (κ3) is 6.58. The number of hydrogen-bond acceptors (Lipinski definition) is 6. The Morgan fingerprint density at radius 1 is 1.32 bits per heavy atom. The van der Waals surface area contributed by atoms with E-state index in [1.165, 1.54) is 25.3 Å². The Kier molecular flexibility index (Phi) is 7.74. The van der Waals surface area contributed by atoms with Crippen molar-refractivity contribution in [3.63, 3.8) is 0 Å². The van der Waals surface area contributed by atoms with Gasteiger partial charge in [-0.3, -0.25) is 15.4 Å². The zero-order chi connectivity index (χ0) is 19.2. The minimum atomic E-state index is -1.98. The number of alkyl carbamates (subject to hydrolysis) is 1. The van der Waals surface area contributed by atoms with Gasteiger partial charge in [-0.2, -0.15) is 0 Å². The first-order valence-electron chi connectivity index (χ1n) is 6.39. The molecular weight excluding hydrogens is 419 g/mol. The number of nitrogens with one attached hydrogen (secondary N) is 3. The number of alkyl halides is 3. The number of nitro benzene ring substituents is 1. The number of benzene rings is 1.